The number of ether oxygens (including phenoxy) is 1. The highest BCUT2D eigenvalue weighted by atomic mass is 16.5. The number of nitrogen functional groups attached to an aromatic ring is 1. The van der Waals surface area contributed by atoms with Crippen LogP contribution in [-0.4, -0.2) is 47.7 Å². The molecule has 16 heavy (non-hydrogen) atoms. The van der Waals surface area contributed by atoms with Gasteiger partial charge in [-0.2, -0.15) is 15.0 Å². The molecule has 88 valence electrons. The van der Waals surface area contributed by atoms with Crippen LogP contribution in [0.5, 0.6) is 6.01 Å². The van der Waals surface area contributed by atoms with Gasteiger partial charge in [0.1, 0.15) is 0 Å². The molecule has 0 unspecified atom stereocenters. The molecule has 7 heteroatoms. The number of anilines is 2. The zero-order valence-corrected chi connectivity index (χ0v) is 9.31. The van der Waals surface area contributed by atoms with Crippen LogP contribution in [0.1, 0.15) is 6.92 Å². The predicted octanol–water partition coefficient (Wildman–Crippen LogP) is -0.738. The van der Waals surface area contributed by atoms with Gasteiger partial charge in [0.25, 0.3) is 0 Å². The minimum Gasteiger partial charge on any atom is -0.464 e. The summed E-state index contributed by atoms with van der Waals surface area (Å²) in [4.78, 5) is 14.3. The van der Waals surface area contributed by atoms with Crippen LogP contribution in [0.15, 0.2) is 0 Å². The largest absolute Gasteiger partial charge is 0.464 e. The Morgan fingerprint density at radius 2 is 2.06 bits per heavy atom. The molecule has 1 aliphatic rings. The van der Waals surface area contributed by atoms with Crippen LogP contribution in [0.25, 0.3) is 0 Å². The Bertz CT molecular complexity index is 352. The van der Waals surface area contributed by atoms with Crippen LogP contribution in [0.3, 0.4) is 0 Å². The summed E-state index contributed by atoms with van der Waals surface area (Å²) < 4.78 is 5.23. The number of aromatic nitrogens is 3. The Morgan fingerprint density at radius 1 is 1.31 bits per heavy atom. The van der Waals surface area contributed by atoms with Gasteiger partial charge in [0, 0.05) is 26.2 Å². The van der Waals surface area contributed by atoms with Crippen molar-refractivity contribution in [3.05, 3.63) is 0 Å². The lowest BCUT2D eigenvalue weighted by Gasteiger charge is -2.27. The quantitative estimate of drug-likeness (QED) is 0.699. The van der Waals surface area contributed by atoms with Gasteiger partial charge in [-0.25, -0.2) is 0 Å². The maximum Gasteiger partial charge on any atom is 0.323 e. The monoisotopic (exact) mass is 224 g/mol. The molecule has 1 aromatic rings. The van der Waals surface area contributed by atoms with Crippen molar-refractivity contribution in [3.63, 3.8) is 0 Å². The first-order chi connectivity index (χ1) is 7.79. The van der Waals surface area contributed by atoms with Gasteiger partial charge in [0.05, 0.1) is 6.61 Å². The molecule has 7 nitrogen and oxygen atoms in total. The third-order valence-electron chi connectivity index (χ3n) is 2.29. The fraction of sp³-hybridized carbons (Fsp3) is 0.667. The molecule has 1 fully saturated rings. The van der Waals surface area contributed by atoms with Crippen molar-refractivity contribution in [2.75, 3.05) is 43.4 Å². The summed E-state index contributed by atoms with van der Waals surface area (Å²) in [5.74, 6) is 0.796. The van der Waals surface area contributed by atoms with E-state index in [9.17, 15) is 0 Å². The van der Waals surface area contributed by atoms with Gasteiger partial charge in [-0.15, -0.1) is 0 Å². The molecular formula is C9H16N6O. The fourth-order valence-corrected chi connectivity index (χ4v) is 1.56. The van der Waals surface area contributed by atoms with E-state index in [0.29, 0.717) is 18.6 Å². The van der Waals surface area contributed by atoms with Crippen molar-refractivity contribution in [3.8, 4) is 6.01 Å². The van der Waals surface area contributed by atoms with Gasteiger partial charge in [-0.1, -0.05) is 0 Å². The molecule has 2 heterocycles. The predicted molar refractivity (Wildman–Crippen MR) is 60.5 cm³/mol. The summed E-state index contributed by atoms with van der Waals surface area (Å²) in [7, 11) is 0. The molecule has 0 saturated carbocycles. The number of nitrogens with two attached hydrogens (primary N) is 1. The van der Waals surface area contributed by atoms with E-state index in [1.165, 1.54) is 0 Å². The molecule has 0 radical (unpaired) electrons. The lowest BCUT2D eigenvalue weighted by molar-refractivity contribution is 0.312. The van der Waals surface area contributed by atoms with Crippen molar-refractivity contribution in [2.45, 2.75) is 6.92 Å². The molecule has 0 spiro atoms. The van der Waals surface area contributed by atoms with Gasteiger partial charge in [-0.3, -0.25) is 0 Å². The Kier molecular flexibility index (Phi) is 3.35. The van der Waals surface area contributed by atoms with Crippen molar-refractivity contribution in [2.24, 2.45) is 0 Å². The first-order valence-corrected chi connectivity index (χ1v) is 5.39. The van der Waals surface area contributed by atoms with Crippen LogP contribution >= 0.6 is 0 Å². The second-order valence-electron chi connectivity index (χ2n) is 3.45. The minimum atomic E-state index is 0.201. The number of rotatable bonds is 3. The summed E-state index contributed by atoms with van der Waals surface area (Å²) in [5.41, 5.74) is 5.61. The molecule has 1 aliphatic heterocycles. The van der Waals surface area contributed by atoms with Gasteiger partial charge >= 0.3 is 6.01 Å². The third-order valence-corrected chi connectivity index (χ3v) is 2.29. The average Bonchev–Trinajstić information content (AvgIpc) is 2.30. The van der Waals surface area contributed by atoms with Crippen LogP contribution in [0.2, 0.25) is 0 Å². The van der Waals surface area contributed by atoms with Crippen molar-refractivity contribution in [1.82, 2.24) is 20.3 Å². The molecule has 0 aliphatic carbocycles. The zero-order valence-electron chi connectivity index (χ0n) is 9.31. The Labute approximate surface area is 94.0 Å². The lowest BCUT2D eigenvalue weighted by atomic mass is 10.4. The molecule has 1 saturated heterocycles. The van der Waals surface area contributed by atoms with Crippen molar-refractivity contribution in [1.29, 1.82) is 0 Å². The van der Waals surface area contributed by atoms with Gasteiger partial charge in [-0.05, 0) is 6.92 Å². The van der Waals surface area contributed by atoms with E-state index in [4.69, 9.17) is 10.5 Å². The molecule has 0 amide bonds. The second-order valence-corrected chi connectivity index (χ2v) is 3.45. The summed E-state index contributed by atoms with van der Waals surface area (Å²) in [6.45, 7) is 5.99. The third kappa shape index (κ3) is 2.48. The summed E-state index contributed by atoms with van der Waals surface area (Å²) >= 11 is 0. The topological polar surface area (TPSA) is 89.2 Å². The van der Waals surface area contributed by atoms with Crippen molar-refractivity contribution >= 4 is 11.9 Å². The highest BCUT2D eigenvalue weighted by molar-refractivity contribution is 5.36. The van der Waals surface area contributed by atoms with Crippen LogP contribution < -0.4 is 20.7 Å². The molecule has 0 bridgehead atoms. The number of hydrogen-bond donors (Lipinski definition) is 2. The normalized spacial score (nSPS) is 16.2. The summed E-state index contributed by atoms with van der Waals surface area (Å²) in [6, 6.07) is 0.295. The van der Waals surface area contributed by atoms with Crippen LogP contribution in [-0.2, 0) is 0 Å². The molecule has 3 N–H and O–H groups in total. The molecule has 1 aromatic heterocycles. The number of nitrogens with one attached hydrogen (secondary N) is 1. The molecule has 0 atom stereocenters. The Hall–Kier alpha value is -1.63. The van der Waals surface area contributed by atoms with Gasteiger partial charge in [0.2, 0.25) is 11.9 Å². The van der Waals surface area contributed by atoms with Crippen LogP contribution in [0.4, 0.5) is 11.9 Å². The Morgan fingerprint density at radius 3 is 2.75 bits per heavy atom. The van der Waals surface area contributed by atoms with Crippen LogP contribution in [0, 0.1) is 0 Å². The van der Waals surface area contributed by atoms with Gasteiger partial charge in [0.15, 0.2) is 0 Å². The highest BCUT2D eigenvalue weighted by Crippen LogP contribution is 2.13. The van der Waals surface area contributed by atoms with E-state index < -0.39 is 0 Å². The summed E-state index contributed by atoms with van der Waals surface area (Å²) in [5, 5.41) is 3.26. The Balaban J connectivity index is 2.18. The SMILES string of the molecule is CCOc1nc(N)nc(N2CCNCC2)n1. The molecule has 2 rings (SSSR count). The maximum absolute atomic E-state index is 5.61. The number of nitrogens with zero attached hydrogens (tertiary/aromatic N) is 4. The smallest absolute Gasteiger partial charge is 0.323 e. The van der Waals surface area contributed by atoms with Crippen molar-refractivity contribution < 1.29 is 4.74 Å². The first kappa shape index (κ1) is 10.9. The summed E-state index contributed by atoms with van der Waals surface area (Å²) in [6.07, 6.45) is 0. The van der Waals surface area contributed by atoms with E-state index in [1.807, 2.05) is 6.92 Å². The zero-order chi connectivity index (χ0) is 11.4. The maximum atomic E-state index is 5.61. The minimum absolute atomic E-state index is 0.201. The standard InChI is InChI=1S/C9H16N6O/c1-2-16-9-13-7(10)12-8(14-9)15-5-3-11-4-6-15/h11H,2-6H2,1H3,(H2,10,12,13,14). The molecule has 0 aromatic carbocycles. The fourth-order valence-electron chi connectivity index (χ4n) is 1.56. The van der Waals surface area contributed by atoms with E-state index in [1.54, 1.807) is 0 Å². The van der Waals surface area contributed by atoms with Gasteiger partial charge < -0.3 is 20.7 Å². The lowest BCUT2D eigenvalue weighted by Crippen LogP contribution is -2.44. The average molecular weight is 224 g/mol. The van der Waals surface area contributed by atoms with E-state index in [2.05, 4.69) is 25.2 Å². The van der Waals surface area contributed by atoms with E-state index in [0.717, 1.165) is 26.2 Å². The second kappa shape index (κ2) is 4.93. The van der Waals surface area contributed by atoms with E-state index >= 15 is 0 Å². The molecular weight excluding hydrogens is 208 g/mol. The van der Waals surface area contributed by atoms with E-state index in [-0.39, 0.29) is 5.95 Å². The highest BCUT2D eigenvalue weighted by Gasteiger charge is 2.15. The number of piperazine rings is 1. The number of hydrogen-bond acceptors (Lipinski definition) is 7. The first-order valence-electron chi connectivity index (χ1n) is 5.39.